The average Bonchev–Trinajstić information content (AvgIpc) is 3.44. The Labute approximate surface area is 225 Å². The summed E-state index contributed by atoms with van der Waals surface area (Å²) >= 11 is 0. The molecule has 6 rings (SSSR count). The predicted octanol–water partition coefficient (Wildman–Crippen LogP) is 5.29. The number of likely N-dealkylation sites (tertiary alicyclic amines) is 1. The zero-order valence-electron chi connectivity index (χ0n) is 22.6. The lowest BCUT2D eigenvalue weighted by Crippen LogP contribution is -2.36. The number of fused-ring (bicyclic) bond motifs is 1. The topological polar surface area (TPSA) is 59.3 Å². The van der Waals surface area contributed by atoms with Crippen LogP contribution in [0.15, 0.2) is 61.1 Å². The molecule has 2 aromatic carbocycles. The summed E-state index contributed by atoms with van der Waals surface area (Å²) in [6, 6.07) is 15.6. The van der Waals surface area contributed by atoms with Crippen molar-refractivity contribution < 1.29 is 4.74 Å². The van der Waals surface area contributed by atoms with Crippen molar-refractivity contribution in [2.75, 3.05) is 45.9 Å². The second-order valence-electron chi connectivity index (χ2n) is 11.1. The summed E-state index contributed by atoms with van der Waals surface area (Å²) in [6.45, 7) is 12.7. The molecular weight excluding hydrogens is 472 g/mol. The normalized spacial score (nSPS) is 18.0. The number of aromatic nitrogens is 4. The summed E-state index contributed by atoms with van der Waals surface area (Å²) < 4.78 is 7.63. The Kier molecular flexibility index (Phi) is 7.49. The third-order valence-electron chi connectivity index (χ3n) is 7.80. The number of hydrogen-bond acceptors (Lipinski definition) is 6. The second kappa shape index (κ2) is 11.3. The monoisotopic (exact) mass is 510 g/mol. The largest absolute Gasteiger partial charge is 0.379 e. The van der Waals surface area contributed by atoms with Crippen molar-refractivity contribution in [3.8, 4) is 22.4 Å². The van der Waals surface area contributed by atoms with Crippen LogP contribution in [-0.2, 0) is 11.3 Å². The third kappa shape index (κ3) is 5.65. The highest BCUT2D eigenvalue weighted by molar-refractivity contribution is 5.92. The zero-order chi connectivity index (χ0) is 25.9. The van der Waals surface area contributed by atoms with Crippen LogP contribution < -0.4 is 0 Å². The first kappa shape index (κ1) is 25.2. The van der Waals surface area contributed by atoms with Crippen LogP contribution in [-0.4, -0.2) is 75.5 Å². The molecule has 2 aliphatic heterocycles. The van der Waals surface area contributed by atoms with Crippen LogP contribution >= 0.6 is 0 Å². The van der Waals surface area contributed by atoms with Crippen molar-refractivity contribution in [1.29, 1.82) is 0 Å². The molecule has 7 nitrogen and oxygen atoms in total. The van der Waals surface area contributed by atoms with Crippen LogP contribution in [0.1, 0.15) is 38.3 Å². The molecule has 4 heterocycles. The lowest BCUT2D eigenvalue weighted by Gasteiger charge is -2.33. The number of para-hydroxylation sites is 1. The van der Waals surface area contributed by atoms with Crippen LogP contribution in [0.2, 0.25) is 0 Å². The Hall–Kier alpha value is -3.13. The quantitative estimate of drug-likeness (QED) is 0.337. The Morgan fingerprint density at radius 1 is 0.895 bits per heavy atom. The van der Waals surface area contributed by atoms with E-state index in [2.05, 4.69) is 70.9 Å². The highest BCUT2D eigenvalue weighted by atomic mass is 16.5. The van der Waals surface area contributed by atoms with E-state index in [1.165, 1.54) is 12.1 Å². The molecule has 2 aliphatic rings. The van der Waals surface area contributed by atoms with Gasteiger partial charge in [-0.25, -0.2) is 4.98 Å². The van der Waals surface area contributed by atoms with E-state index in [0.29, 0.717) is 12.0 Å². The molecule has 2 fully saturated rings. The maximum absolute atomic E-state index is 5.48. The number of ether oxygens (including phenoxy) is 1. The molecule has 0 spiro atoms. The molecule has 0 radical (unpaired) electrons. The molecule has 0 amide bonds. The van der Waals surface area contributed by atoms with E-state index in [4.69, 9.17) is 19.8 Å². The molecular formula is C31H38N6O. The summed E-state index contributed by atoms with van der Waals surface area (Å²) in [5.74, 6) is 0.715. The van der Waals surface area contributed by atoms with Gasteiger partial charge >= 0.3 is 0 Å². The Morgan fingerprint density at radius 3 is 2.45 bits per heavy atom. The van der Waals surface area contributed by atoms with Crippen molar-refractivity contribution in [3.63, 3.8) is 0 Å². The fourth-order valence-corrected chi connectivity index (χ4v) is 5.77. The van der Waals surface area contributed by atoms with Crippen LogP contribution in [0.4, 0.5) is 0 Å². The van der Waals surface area contributed by atoms with Crippen molar-refractivity contribution in [1.82, 2.24) is 29.5 Å². The van der Waals surface area contributed by atoms with E-state index in [9.17, 15) is 0 Å². The molecule has 4 aromatic rings. The fraction of sp³-hybridized carbons (Fsp3) is 0.452. The number of morpholine rings is 1. The Balaban J connectivity index is 1.20. The van der Waals surface area contributed by atoms with Gasteiger partial charge in [0.25, 0.3) is 0 Å². The summed E-state index contributed by atoms with van der Waals surface area (Å²) in [7, 11) is 0. The third-order valence-corrected chi connectivity index (χ3v) is 7.80. The lowest BCUT2D eigenvalue weighted by atomic mass is 10.0. The predicted molar refractivity (Wildman–Crippen MR) is 152 cm³/mol. The number of nitrogens with zero attached hydrogens (tertiary/aromatic N) is 6. The summed E-state index contributed by atoms with van der Waals surface area (Å²) in [5.41, 5.74) is 7.34. The summed E-state index contributed by atoms with van der Waals surface area (Å²) in [4.78, 5) is 14.9. The van der Waals surface area contributed by atoms with Gasteiger partial charge in [0.15, 0.2) is 0 Å². The van der Waals surface area contributed by atoms with Gasteiger partial charge in [0.05, 0.1) is 48.4 Å². The van der Waals surface area contributed by atoms with Crippen molar-refractivity contribution in [2.24, 2.45) is 5.92 Å². The van der Waals surface area contributed by atoms with Gasteiger partial charge in [0.1, 0.15) is 0 Å². The standard InChI is InChI=1S/C31H38N6O/c1-23(2)20-35-12-10-27(11-13-35)37-22-26(18-33-37)30-19-32-29-5-3-4-28(31(29)34-30)25-8-6-24(7-9-25)21-36-14-16-38-17-15-36/h3-9,18-19,22-23,27H,10-17,20-21H2,1-2H3. The van der Waals surface area contributed by atoms with Crippen molar-refractivity contribution in [2.45, 2.75) is 39.3 Å². The van der Waals surface area contributed by atoms with Gasteiger partial charge in [0.2, 0.25) is 0 Å². The zero-order valence-corrected chi connectivity index (χ0v) is 22.6. The van der Waals surface area contributed by atoms with E-state index in [1.54, 1.807) is 0 Å². The Morgan fingerprint density at radius 2 is 1.68 bits per heavy atom. The van der Waals surface area contributed by atoms with E-state index in [1.807, 2.05) is 18.5 Å². The first-order valence-corrected chi connectivity index (χ1v) is 14.0. The smallest absolute Gasteiger partial charge is 0.0972 e. The molecule has 38 heavy (non-hydrogen) atoms. The first-order valence-electron chi connectivity index (χ1n) is 14.0. The van der Waals surface area contributed by atoms with Crippen LogP contribution in [0.3, 0.4) is 0 Å². The number of piperidine rings is 1. The number of benzene rings is 2. The summed E-state index contributed by atoms with van der Waals surface area (Å²) in [6.07, 6.45) is 8.26. The number of rotatable bonds is 7. The van der Waals surface area contributed by atoms with E-state index < -0.39 is 0 Å². The maximum atomic E-state index is 5.48. The van der Waals surface area contributed by atoms with Crippen LogP contribution in [0.25, 0.3) is 33.4 Å². The van der Waals surface area contributed by atoms with Gasteiger partial charge in [-0.15, -0.1) is 0 Å². The molecule has 0 N–H and O–H groups in total. The van der Waals surface area contributed by atoms with Gasteiger partial charge in [-0.3, -0.25) is 14.6 Å². The van der Waals surface area contributed by atoms with Gasteiger partial charge < -0.3 is 9.64 Å². The lowest BCUT2D eigenvalue weighted by molar-refractivity contribution is 0.0342. The molecule has 2 aromatic heterocycles. The molecule has 0 atom stereocenters. The molecule has 7 heteroatoms. The fourth-order valence-electron chi connectivity index (χ4n) is 5.77. The van der Waals surface area contributed by atoms with E-state index in [0.717, 1.165) is 92.2 Å². The SMILES string of the molecule is CC(C)CN1CCC(n2cc(-c3cnc4cccc(-c5ccc(CN6CCOCC6)cc5)c4n3)cn2)CC1. The van der Waals surface area contributed by atoms with E-state index >= 15 is 0 Å². The van der Waals surface area contributed by atoms with Crippen LogP contribution in [0.5, 0.6) is 0 Å². The first-order chi connectivity index (χ1) is 18.6. The molecule has 0 saturated carbocycles. The highest BCUT2D eigenvalue weighted by Gasteiger charge is 2.22. The molecule has 2 saturated heterocycles. The summed E-state index contributed by atoms with van der Waals surface area (Å²) in [5, 5.41) is 4.74. The van der Waals surface area contributed by atoms with E-state index in [-0.39, 0.29) is 0 Å². The molecule has 0 bridgehead atoms. The van der Waals surface area contributed by atoms with Gasteiger partial charge in [-0.05, 0) is 36.0 Å². The maximum Gasteiger partial charge on any atom is 0.0972 e. The molecule has 0 aliphatic carbocycles. The average molecular weight is 511 g/mol. The van der Waals surface area contributed by atoms with Crippen molar-refractivity contribution >= 4 is 11.0 Å². The van der Waals surface area contributed by atoms with Gasteiger partial charge in [-0.1, -0.05) is 50.2 Å². The second-order valence-corrected chi connectivity index (χ2v) is 11.1. The Bertz CT molecular complexity index is 1350. The minimum Gasteiger partial charge on any atom is -0.379 e. The van der Waals surface area contributed by atoms with Crippen LogP contribution in [0, 0.1) is 5.92 Å². The molecule has 198 valence electrons. The van der Waals surface area contributed by atoms with Gasteiger partial charge in [-0.2, -0.15) is 5.10 Å². The molecule has 0 unspecified atom stereocenters. The minimum atomic E-state index is 0.451. The highest BCUT2D eigenvalue weighted by Crippen LogP contribution is 2.30. The minimum absolute atomic E-state index is 0.451. The van der Waals surface area contributed by atoms with Crippen molar-refractivity contribution in [3.05, 3.63) is 66.6 Å². The van der Waals surface area contributed by atoms with Gasteiger partial charge in [0, 0.05) is 56.6 Å². The number of hydrogen-bond donors (Lipinski definition) is 0.